The number of carbonyl (C=O) groups is 2. The molecule has 0 radical (unpaired) electrons. The van der Waals surface area contributed by atoms with Crippen molar-refractivity contribution >= 4 is 17.5 Å². The molecule has 1 rings (SSSR count). The second-order valence-electron chi connectivity index (χ2n) is 4.21. The van der Waals surface area contributed by atoms with Gasteiger partial charge in [-0.25, -0.2) is 4.79 Å². The van der Waals surface area contributed by atoms with E-state index in [2.05, 4.69) is 10.6 Å². The van der Waals surface area contributed by atoms with Crippen molar-refractivity contribution in [2.75, 3.05) is 25.6 Å². The van der Waals surface area contributed by atoms with E-state index in [4.69, 9.17) is 4.74 Å². The van der Waals surface area contributed by atoms with Crippen LogP contribution in [-0.2, 0) is 4.74 Å². The molecule has 5 heteroatoms. The lowest BCUT2D eigenvalue weighted by atomic mass is 10.1. The molecule has 0 bridgehead atoms. The van der Waals surface area contributed by atoms with Gasteiger partial charge in [0.05, 0.1) is 0 Å². The Morgan fingerprint density at radius 1 is 1.16 bits per heavy atom. The Bertz CT molecular complexity index is 415. The summed E-state index contributed by atoms with van der Waals surface area (Å²) in [5.41, 5.74) is 1.30. The summed E-state index contributed by atoms with van der Waals surface area (Å²) < 4.78 is 4.92. The number of ketones is 1. The summed E-state index contributed by atoms with van der Waals surface area (Å²) >= 11 is 0. The zero-order chi connectivity index (χ0) is 14.1. The quantitative estimate of drug-likeness (QED) is 0.587. The second-order valence-corrected chi connectivity index (χ2v) is 4.21. The molecule has 19 heavy (non-hydrogen) atoms. The molecule has 0 fully saturated rings. The molecule has 2 N–H and O–H groups in total. The summed E-state index contributed by atoms with van der Waals surface area (Å²) in [5, 5.41) is 5.46. The average molecular weight is 264 g/mol. The van der Waals surface area contributed by atoms with Crippen molar-refractivity contribution < 1.29 is 14.3 Å². The lowest BCUT2D eigenvalue weighted by Gasteiger charge is -2.07. The Hall–Kier alpha value is -1.88. The van der Waals surface area contributed by atoms with E-state index in [1.807, 2.05) is 0 Å². The third-order valence-corrected chi connectivity index (χ3v) is 2.61. The maximum atomic E-state index is 11.5. The number of Topliss-reactive ketones (excluding diaryl/α,β-unsaturated/α-hetero) is 1. The van der Waals surface area contributed by atoms with E-state index in [9.17, 15) is 9.59 Å². The molecule has 0 spiro atoms. The molecule has 0 aromatic heterocycles. The number of hydrogen-bond acceptors (Lipinski definition) is 3. The summed E-state index contributed by atoms with van der Waals surface area (Å²) in [6.07, 6.45) is 1.80. The summed E-state index contributed by atoms with van der Waals surface area (Å²) in [4.78, 5) is 22.6. The third kappa shape index (κ3) is 6.01. The Morgan fingerprint density at radius 3 is 2.42 bits per heavy atom. The largest absolute Gasteiger partial charge is 0.385 e. The van der Waals surface area contributed by atoms with E-state index in [0.29, 0.717) is 24.4 Å². The number of urea groups is 1. The zero-order valence-corrected chi connectivity index (χ0v) is 11.4. The molecule has 0 aliphatic carbocycles. The highest BCUT2D eigenvalue weighted by atomic mass is 16.5. The van der Waals surface area contributed by atoms with Gasteiger partial charge in [0.2, 0.25) is 0 Å². The van der Waals surface area contributed by atoms with Gasteiger partial charge in [-0.05, 0) is 44.0 Å². The normalized spacial score (nSPS) is 10.0. The van der Waals surface area contributed by atoms with E-state index in [1.54, 1.807) is 31.4 Å². The highest BCUT2D eigenvalue weighted by Gasteiger charge is 2.02. The van der Waals surface area contributed by atoms with Gasteiger partial charge in [0.25, 0.3) is 0 Å². The van der Waals surface area contributed by atoms with Crippen molar-refractivity contribution in [2.45, 2.75) is 19.8 Å². The summed E-state index contributed by atoms with van der Waals surface area (Å²) in [7, 11) is 1.66. The fraction of sp³-hybridized carbons (Fsp3) is 0.429. The van der Waals surface area contributed by atoms with E-state index < -0.39 is 0 Å². The van der Waals surface area contributed by atoms with Crippen LogP contribution in [0.25, 0.3) is 0 Å². The van der Waals surface area contributed by atoms with Gasteiger partial charge in [-0.15, -0.1) is 0 Å². The standard InChI is InChI=1S/C14H20N2O3/c1-11(17)12-5-7-13(8-6-12)16-14(18)15-9-3-4-10-19-2/h5-8H,3-4,9-10H2,1-2H3,(H2,15,16,18). The highest BCUT2D eigenvalue weighted by molar-refractivity contribution is 5.95. The molecule has 1 aromatic rings. The van der Waals surface area contributed by atoms with Crippen LogP contribution in [0.3, 0.4) is 0 Å². The third-order valence-electron chi connectivity index (χ3n) is 2.61. The van der Waals surface area contributed by atoms with E-state index >= 15 is 0 Å². The predicted molar refractivity (Wildman–Crippen MR) is 74.6 cm³/mol. The maximum absolute atomic E-state index is 11.5. The van der Waals surface area contributed by atoms with Crippen molar-refractivity contribution in [1.82, 2.24) is 5.32 Å². The van der Waals surface area contributed by atoms with Crippen LogP contribution >= 0.6 is 0 Å². The Balaban J connectivity index is 2.30. The maximum Gasteiger partial charge on any atom is 0.319 e. The smallest absolute Gasteiger partial charge is 0.319 e. The molecule has 2 amide bonds. The van der Waals surface area contributed by atoms with Crippen LogP contribution in [0.1, 0.15) is 30.1 Å². The van der Waals surface area contributed by atoms with E-state index in [-0.39, 0.29) is 11.8 Å². The minimum absolute atomic E-state index is 0.00847. The van der Waals surface area contributed by atoms with E-state index in [1.165, 1.54) is 6.92 Å². The first-order valence-corrected chi connectivity index (χ1v) is 6.28. The second kappa shape index (κ2) is 8.26. The van der Waals surface area contributed by atoms with Crippen molar-refractivity contribution in [3.63, 3.8) is 0 Å². The van der Waals surface area contributed by atoms with Gasteiger partial charge in [-0.2, -0.15) is 0 Å². The molecular formula is C14H20N2O3. The van der Waals surface area contributed by atoms with Gasteiger partial charge in [-0.3, -0.25) is 4.79 Å². The number of unbranched alkanes of at least 4 members (excludes halogenated alkanes) is 1. The first-order valence-electron chi connectivity index (χ1n) is 6.28. The number of hydrogen-bond donors (Lipinski definition) is 2. The molecule has 0 aliphatic rings. The number of methoxy groups -OCH3 is 1. The van der Waals surface area contributed by atoms with Crippen LogP contribution < -0.4 is 10.6 Å². The topological polar surface area (TPSA) is 67.4 Å². The number of amides is 2. The Morgan fingerprint density at radius 2 is 1.84 bits per heavy atom. The van der Waals surface area contributed by atoms with E-state index in [0.717, 1.165) is 12.8 Å². The number of rotatable bonds is 7. The van der Waals surface area contributed by atoms with Gasteiger partial charge in [-0.1, -0.05) is 0 Å². The van der Waals surface area contributed by atoms with Gasteiger partial charge in [0, 0.05) is 31.5 Å². The molecule has 104 valence electrons. The number of anilines is 1. The molecule has 0 saturated carbocycles. The summed E-state index contributed by atoms with van der Waals surface area (Å²) in [6, 6.07) is 6.56. The molecular weight excluding hydrogens is 244 g/mol. The molecule has 0 saturated heterocycles. The zero-order valence-electron chi connectivity index (χ0n) is 11.4. The SMILES string of the molecule is COCCCCNC(=O)Nc1ccc(C(C)=O)cc1. The van der Waals surface area contributed by atoms with Crippen LogP contribution in [0.15, 0.2) is 24.3 Å². The molecule has 0 atom stereocenters. The lowest BCUT2D eigenvalue weighted by Crippen LogP contribution is -2.29. The lowest BCUT2D eigenvalue weighted by molar-refractivity contribution is 0.101. The fourth-order valence-corrected chi connectivity index (χ4v) is 1.54. The monoisotopic (exact) mass is 264 g/mol. The highest BCUT2D eigenvalue weighted by Crippen LogP contribution is 2.09. The van der Waals surface area contributed by atoms with Crippen LogP contribution in [-0.4, -0.2) is 32.1 Å². The Labute approximate surface area is 113 Å². The molecule has 0 heterocycles. The number of nitrogens with one attached hydrogen (secondary N) is 2. The summed E-state index contributed by atoms with van der Waals surface area (Å²) in [5.74, 6) is 0.00847. The Kier molecular flexibility index (Phi) is 6.60. The molecule has 1 aromatic carbocycles. The van der Waals surface area contributed by atoms with Crippen molar-refractivity contribution in [3.05, 3.63) is 29.8 Å². The number of ether oxygens (including phenoxy) is 1. The first-order chi connectivity index (χ1) is 9.13. The van der Waals surface area contributed by atoms with Crippen molar-refractivity contribution in [2.24, 2.45) is 0 Å². The van der Waals surface area contributed by atoms with Crippen molar-refractivity contribution in [1.29, 1.82) is 0 Å². The average Bonchev–Trinajstić information content (AvgIpc) is 2.39. The molecule has 5 nitrogen and oxygen atoms in total. The van der Waals surface area contributed by atoms with Crippen LogP contribution in [0.2, 0.25) is 0 Å². The molecule has 0 aliphatic heterocycles. The predicted octanol–water partition coefficient (Wildman–Crippen LogP) is 2.44. The minimum Gasteiger partial charge on any atom is -0.385 e. The van der Waals surface area contributed by atoms with Crippen LogP contribution in [0.4, 0.5) is 10.5 Å². The number of carbonyl (C=O) groups excluding carboxylic acids is 2. The molecule has 0 unspecified atom stereocenters. The van der Waals surface area contributed by atoms with Crippen molar-refractivity contribution in [3.8, 4) is 0 Å². The fourth-order valence-electron chi connectivity index (χ4n) is 1.54. The minimum atomic E-state index is -0.243. The summed E-state index contributed by atoms with van der Waals surface area (Å²) in [6.45, 7) is 2.83. The van der Waals surface area contributed by atoms with Gasteiger partial charge in [0.15, 0.2) is 5.78 Å². The van der Waals surface area contributed by atoms with Crippen LogP contribution in [0, 0.1) is 0 Å². The first kappa shape index (κ1) is 15.2. The number of benzene rings is 1. The van der Waals surface area contributed by atoms with Gasteiger partial charge in [0.1, 0.15) is 0 Å². The van der Waals surface area contributed by atoms with Gasteiger partial charge >= 0.3 is 6.03 Å². The van der Waals surface area contributed by atoms with Crippen LogP contribution in [0.5, 0.6) is 0 Å². The van der Waals surface area contributed by atoms with Gasteiger partial charge < -0.3 is 15.4 Å².